The first kappa shape index (κ1) is 18.8. The lowest BCUT2D eigenvalue weighted by Gasteiger charge is -2.30. The number of rotatable bonds is 5. The predicted molar refractivity (Wildman–Crippen MR) is 108 cm³/mol. The zero-order valence-electron chi connectivity index (χ0n) is 16.3. The van der Waals surface area contributed by atoms with Crippen LogP contribution in [0.3, 0.4) is 0 Å². The third-order valence-corrected chi connectivity index (χ3v) is 5.61. The molecule has 1 saturated carbocycles. The molecule has 0 radical (unpaired) electrons. The molecule has 4 rings (SSSR count). The van der Waals surface area contributed by atoms with Crippen molar-refractivity contribution in [1.29, 1.82) is 0 Å². The van der Waals surface area contributed by atoms with E-state index in [0.717, 1.165) is 24.3 Å². The first-order valence-corrected chi connectivity index (χ1v) is 10.4. The molecule has 1 aliphatic heterocycles. The molecule has 2 heterocycles. The Balaban J connectivity index is 1.55. The van der Waals surface area contributed by atoms with Gasteiger partial charge >= 0.3 is 0 Å². The summed E-state index contributed by atoms with van der Waals surface area (Å²) < 4.78 is 11.5. The molecule has 5 heteroatoms. The van der Waals surface area contributed by atoms with E-state index in [4.69, 9.17) is 9.47 Å². The standard InChI is InChI=1S/C23H28N2O3/c26-23(20-7-8-21-22(15-20)28-14-4-13-27-21)25(16-18-5-2-1-3-6-18)17-19-9-11-24-12-10-19/h7-12,15,18H,1-6,13-14,16-17H2. The van der Waals surface area contributed by atoms with E-state index in [1.54, 1.807) is 12.4 Å². The van der Waals surface area contributed by atoms with E-state index < -0.39 is 0 Å². The summed E-state index contributed by atoms with van der Waals surface area (Å²) in [5, 5.41) is 0. The highest BCUT2D eigenvalue weighted by molar-refractivity contribution is 5.95. The average molecular weight is 380 g/mol. The number of carbonyl (C=O) groups is 1. The SMILES string of the molecule is O=C(c1ccc2c(c1)OCCCO2)N(Cc1ccncc1)CC1CCCCC1. The highest BCUT2D eigenvalue weighted by Crippen LogP contribution is 2.31. The highest BCUT2D eigenvalue weighted by atomic mass is 16.5. The molecule has 1 amide bonds. The fourth-order valence-corrected chi connectivity index (χ4v) is 4.09. The summed E-state index contributed by atoms with van der Waals surface area (Å²) in [6.45, 7) is 2.67. The van der Waals surface area contributed by atoms with Gasteiger partial charge in [-0.25, -0.2) is 0 Å². The number of aromatic nitrogens is 1. The first-order chi connectivity index (χ1) is 13.8. The van der Waals surface area contributed by atoms with Gasteiger partial charge in [0.15, 0.2) is 11.5 Å². The number of ether oxygens (including phenoxy) is 2. The minimum absolute atomic E-state index is 0.0537. The van der Waals surface area contributed by atoms with Crippen LogP contribution in [0, 0.1) is 5.92 Å². The van der Waals surface area contributed by atoms with Gasteiger partial charge in [0.25, 0.3) is 5.91 Å². The number of benzene rings is 1. The third kappa shape index (κ3) is 4.64. The van der Waals surface area contributed by atoms with E-state index in [2.05, 4.69) is 4.98 Å². The van der Waals surface area contributed by atoms with Crippen molar-refractivity contribution >= 4 is 5.91 Å². The molecule has 0 N–H and O–H groups in total. The van der Waals surface area contributed by atoms with Crippen LogP contribution in [-0.2, 0) is 6.54 Å². The lowest BCUT2D eigenvalue weighted by molar-refractivity contribution is 0.0698. The largest absolute Gasteiger partial charge is 0.490 e. The van der Waals surface area contributed by atoms with Gasteiger partial charge in [-0.05, 0) is 54.7 Å². The molecule has 0 spiro atoms. The Morgan fingerprint density at radius 3 is 2.50 bits per heavy atom. The minimum atomic E-state index is 0.0537. The van der Waals surface area contributed by atoms with E-state index in [1.165, 1.54) is 32.1 Å². The lowest BCUT2D eigenvalue weighted by atomic mass is 9.88. The van der Waals surface area contributed by atoms with Crippen molar-refractivity contribution in [2.45, 2.75) is 45.1 Å². The summed E-state index contributed by atoms with van der Waals surface area (Å²) in [5.74, 6) is 2.03. The molecule has 1 fully saturated rings. The topological polar surface area (TPSA) is 51.7 Å². The Hall–Kier alpha value is -2.56. The van der Waals surface area contributed by atoms with Gasteiger partial charge in [-0.3, -0.25) is 9.78 Å². The van der Waals surface area contributed by atoms with Crippen LogP contribution in [0.5, 0.6) is 11.5 Å². The van der Waals surface area contributed by atoms with Crippen molar-refractivity contribution in [3.63, 3.8) is 0 Å². The molecule has 0 atom stereocenters. The quantitative estimate of drug-likeness (QED) is 0.768. The number of hydrogen-bond donors (Lipinski definition) is 0. The van der Waals surface area contributed by atoms with Crippen molar-refractivity contribution < 1.29 is 14.3 Å². The summed E-state index contributed by atoms with van der Waals surface area (Å²) in [5.41, 5.74) is 1.77. The summed E-state index contributed by atoms with van der Waals surface area (Å²) in [7, 11) is 0. The van der Waals surface area contributed by atoms with Crippen molar-refractivity contribution in [3.8, 4) is 11.5 Å². The maximum Gasteiger partial charge on any atom is 0.254 e. The van der Waals surface area contributed by atoms with E-state index in [0.29, 0.717) is 37.0 Å². The van der Waals surface area contributed by atoms with Crippen molar-refractivity contribution in [2.24, 2.45) is 5.92 Å². The molecule has 1 aromatic carbocycles. The van der Waals surface area contributed by atoms with Gasteiger partial charge in [-0.1, -0.05) is 19.3 Å². The predicted octanol–water partition coefficient (Wildman–Crippen LogP) is 4.47. The number of hydrogen-bond acceptors (Lipinski definition) is 4. The lowest BCUT2D eigenvalue weighted by Crippen LogP contribution is -2.35. The van der Waals surface area contributed by atoms with Crippen molar-refractivity contribution in [2.75, 3.05) is 19.8 Å². The number of fused-ring (bicyclic) bond motifs is 1. The molecular formula is C23H28N2O3. The van der Waals surface area contributed by atoms with Crippen molar-refractivity contribution in [3.05, 3.63) is 53.9 Å². The summed E-state index contributed by atoms with van der Waals surface area (Å²) >= 11 is 0. The van der Waals surface area contributed by atoms with Crippen LogP contribution >= 0.6 is 0 Å². The van der Waals surface area contributed by atoms with E-state index >= 15 is 0 Å². The van der Waals surface area contributed by atoms with E-state index in [-0.39, 0.29) is 5.91 Å². The second kappa shape index (κ2) is 9.09. The Morgan fingerprint density at radius 2 is 1.71 bits per heavy atom. The van der Waals surface area contributed by atoms with E-state index in [9.17, 15) is 4.79 Å². The fraction of sp³-hybridized carbons (Fsp3) is 0.478. The summed E-state index contributed by atoms with van der Waals surface area (Å²) in [6, 6.07) is 9.52. The molecule has 148 valence electrons. The molecule has 28 heavy (non-hydrogen) atoms. The van der Waals surface area contributed by atoms with Gasteiger partial charge < -0.3 is 14.4 Å². The zero-order valence-corrected chi connectivity index (χ0v) is 16.3. The van der Waals surface area contributed by atoms with Crippen LogP contribution in [0.4, 0.5) is 0 Å². The molecule has 0 saturated heterocycles. The molecule has 0 unspecified atom stereocenters. The number of pyridine rings is 1. The van der Waals surface area contributed by atoms with Gasteiger partial charge in [0.1, 0.15) is 0 Å². The Labute approximate surface area is 166 Å². The maximum absolute atomic E-state index is 13.4. The van der Waals surface area contributed by atoms with Crippen LogP contribution in [-0.4, -0.2) is 35.5 Å². The molecular weight excluding hydrogens is 352 g/mol. The number of amides is 1. The van der Waals surface area contributed by atoms with Gasteiger partial charge in [-0.2, -0.15) is 0 Å². The monoisotopic (exact) mass is 380 g/mol. The van der Waals surface area contributed by atoms with Crippen LogP contribution in [0.25, 0.3) is 0 Å². The van der Waals surface area contributed by atoms with Gasteiger partial charge in [0.05, 0.1) is 13.2 Å². The second-order valence-corrected chi connectivity index (χ2v) is 7.76. The Kier molecular flexibility index (Phi) is 6.10. The molecule has 1 aliphatic carbocycles. The second-order valence-electron chi connectivity index (χ2n) is 7.76. The third-order valence-electron chi connectivity index (χ3n) is 5.61. The number of carbonyl (C=O) groups excluding carboxylic acids is 1. The van der Waals surface area contributed by atoms with Crippen molar-refractivity contribution in [1.82, 2.24) is 9.88 Å². The van der Waals surface area contributed by atoms with E-state index in [1.807, 2.05) is 35.2 Å². The molecule has 2 aromatic rings. The van der Waals surface area contributed by atoms with Crippen LogP contribution in [0.1, 0.15) is 54.4 Å². The molecule has 5 nitrogen and oxygen atoms in total. The smallest absolute Gasteiger partial charge is 0.254 e. The van der Waals surface area contributed by atoms with Gasteiger partial charge in [0.2, 0.25) is 0 Å². The normalized spacial score (nSPS) is 17.0. The Morgan fingerprint density at radius 1 is 0.964 bits per heavy atom. The molecule has 2 aliphatic rings. The molecule has 0 bridgehead atoms. The van der Waals surface area contributed by atoms with Crippen LogP contribution < -0.4 is 9.47 Å². The number of nitrogens with zero attached hydrogens (tertiary/aromatic N) is 2. The minimum Gasteiger partial charge on any atom is -0.490 e. The van der Waals surface area contributed by atoms with Gasteiger partial charge in [-0.15, -0.1) is 0 Å². The maximum atomic E-state index is 13.4. The van der Waals surface area contributed by atoms with Crippen LogP contribution in [0.15, 0.2) is 42.7 Å². The highest BCUT2D eigenvalue weighted by Gasteiger charge is 2.23. The summed E-state index contributed by atoms with van der Waals surface area (Å²) in [6.07, 6.45) is 10.7. The van der Waals surface area contributed by atoms with Crippen LogP contribution in [0.2, 0.25) is 0 Å². The zero-order chi connectivity index (χ0) is 19.2. The fourth-order valence-electron chi connectivity index (χ4n) is 4.09. The summed E-state index contributed by atoms with van der Waals surface area (Å²) in [4.78, 5) is 19.5. The van der Waals surface area contributed by atoms with Gasteiger partial charge in [0, 0.05) is 37.5 Å². The Bertz CT molecular complexity index is 788. The average Bonchev–Trinajstić information content (AvgIpc) is 2.99. The first-order valence-electron chi connectivity index (χ1n) is 10.4. The molecule has 1 aromatic heterocycles.